The summed E-state index contributed by atoms with van der Waals surface area (Å²) in [6.45, 7) is 3.69. The molecule has 0 saturated carbocycles. The molecule has 4 aromatic heterocycles. The first-order chi connectivity index (χ1) is 24.4. The fourth-order valence-electron chi connectivity index (χ4n) is 5.40. The lowest BCUT2D eigenvalue weighted by atomic mass is 10.2. The molecular weight excluding hydrogens is 705 g/mol. The minimum atomic E-state index is 0.0324. The average Bonchev–Trinajstić information content (AvgIpc) is 3.97. The van der Waals surface area contributed by atoms with Gasteiger partial charge in [0, 0.05) is 27.8 Å². The zero-order chi connectivity index (χ0) is 34.6. The second kappa shape index (κ2) is 14.8. The van der Waals surface area contributed by atoms with E-state index >= 15 is 0 Å². The van der Waals surface area contributed by atoms with Crippen LogP contribution in [0.5, 0.6) is 34.5 Å². The van der Waals surface area contributed by atoms with Crippen LogP contribution >= 0.6 is 45.3 Å². The molecule has 7 aromatic rings. The maximum atomic E-state index is 12.1. The van der Waals surface area contributed by atoms with E-state index in [1.165, 1.54) is 16.2 Å². The lowest BCUT2D eigenvalue weighted by Gasteiger charge is -2.25. The summed E-state index contributed by atoms with van der Waals surface area (Å²) in [4.78, 5) is 18.3. The molecule has 0 unspecified atom stereocenters. The number of anilines is 6. The third-order valence-electron chi connectivity index (χ3n) is 7.70. The Kier molecular flexibility index (Phi) is 9.90. The SMILES string of the molecule is COc1ccc(Oc2ccc(Oc3ccc(OC)c(N(c4csc(C(C)=O)c4)c4cccs4)c3)cc2)cc1N(c1csc(C)c1)c1cccs1. The molecule has 11 heteroatoms. The van der Waals surface area contributed by atoms with E-state index in [1.807, 2.05) is 95.7 Å². The number of ketones is 1. The lowest BCUT2D eigenvalue weighted by molar-refractivity contribution is 0.102. The number of nitrogens with zero attached hydrogens (tertiary/aromatic N) is 2. The molecule has 0 saturated heterocycles. The Labute approximate surface area is 306 Å². The van der Waals surface area contributed by atoms with Crippen molar-refractivity contribution in [1.29, 1.82) is 0 Å². The molecule has 4 heterocycles. The van der Waals surface area contributed by atoms with Gasteiger partial charge in [-0.1, -0.05) is 0 Å². The zero-order valence-electron chi connectivity index (χ0n) is 27.6. The summed E-state index contributed by atoms with van der Waals surface area (Å²) in [6.07, 6.45) is 0. The molecule has 3 aromatic carbocycles. The van der Waals surface area contributed by atoms with Crippen LogP contribution in [0, 0.1) is 6.92 Å². The van der Waals surface area contributed by atoms with Crippen LogP contribution < -0.4 is 28.7 Å². The molecule has 0 atom stereocenters. The molecule has 0 amide bonds. The number of aryl methyl sites for hydroxylation is 1. The van der Waals surface area contributed by atoms with Gasteiger partial charge < -0.3 is 18.9 Å². The number of methoxy groups -OCH3 is 2. The number of ether oxygens (including phenoxy) is 4. The molecule has 0 bridgehead atoms. The van der Waals surface area contributed by atoms with Gasteiger partial charge in [0.15, 0.2) is 5.78 Å². The van der Waals surface area contributed by atoms with Crippen LogP contribution in [0.4, 0.5) is 32.8 Å². The summed E-state index contributed by atoms with van der Waals surface area (Å²) in [5.74, 6) is 4.08. The maximum Gasteiger partial charge on any atom is 0.169 e. The molecule has 0 aliphatic heterocycles. The Morgan fingerprint density at radius 1 is 0.580 bits per heavy atom. The van der Waals surface area contributed by atoms with E-state index in [0.717, 1.165) is 38.5 Å². The largest absolute Gasteiger partial charge is 0.495 e. The predicted molar refractivity (Wildman–Crippen MR) is 208 cm³/mol. The third kappa shape index (κ3) is 7.12. The van der Waals surface area contributed by atoms with Crippen molar-refractivity contribution in [2.24, 2.45) is 0 Å². The quantitative estimate of drug-likeness (QED) is 0.109. The van der Waals surface area contributed by atoms with Gasteiger partial charge in [-0.2, -0.15) is 0 Å². The number of benzene rings is 3. The van der Waals surface area contributed by atoms with Gasteiger partial charge >= 0.3 is 0 Å². The second-order valence-electron chi connectivity index (χ2n) is 11.1. The van der Waals surface area contributed by atoms with Crippen molar-refractivity contribution in [1.82, 2.24) is 0 Å². The molecule has 0 spiro atoms. The fraction of sp³-hybridized carbons (Fsp3) is 0.103. The highest BCUT2D eigenvalue weighted by Gasteiger charge is 2.22. The van der Waals surface area contributed by atoms with Gasteiger partial charge in [0.05, 0.1) is 41.8 Å². The van der Waals surface area contributed by atoms with Crippen molar-refractivity contribution in [3.8, 4) is 34.5 Å². The van der Waals surface area contributed by atoms with Gasteiger partial charge in [0.1, 0.15) is 44.5 Å². The highest BCUT2D eigenvalue weighted by Crippen LogP contribution is 2.47. The topological polar surface area (TPSA) is 60.5 Å². The highest BCUT2D eigenvalue weighted by atomic mass is 32.1. The first-order valence-corrected chi connectivity index (χ1v) is 19.1. The number of Topliss-reactive ketones (excluding diaryl/α,β-unsaturated/α-hetero) is 1. The number of hydrogen-bond donors (Lipinski definition) is 0. The Hall–Kier alpha value is -5.07. The van der Waals surface area contributed by atoms with Gasteiger partial charge in [-0.15, -0.1) is 45.3 Å². The molecule has 7 nitrogen and oxygen atoms in total. The van der Waals surface area contributed by atoms with E-state index in [4.69, 9.17) is 18.9 Å². The van der Waals surface area contributed by atoms with E-state index in [0.29, 0.717) is 33.6 Å². The molecule has 7 rings (SSSR count). The van der Waals surface area contributed by atoms with E-state index in [9.17, 15) is 4.79 Å². The van der Waals surface area contributed by atoms with Crippen molar-refractivity contribution in [2.75, 3.05) is 24.0 Å². The van der Waals surface area contributed by atoms with Crippen LogP contribution in [0.2, 0.25) is 0 Å². The summed E-state index contributed by atoms with van der Waals surface area (Å²) in [7, 11) is 3.33. The van der Waals surface area contributed by atoms with E-state index < -0.39 is 0 Å². The van der Waals surface area contributed by atoms with Crippen molar-refractivity contribution in [3.63, 3.8) is 0 Å². The van der Waals surface area contributed by atoms with Crippen molar-refractivity contribution >= 4 is 83.9 Å². The van der Waals surface area contributed by atoms with Gasteiger partial charge in [0.2, 0.25) is 0 Å². The molecule has 0 aliphatic rings. The number of carbonyl (C=O) groups is 1. The number of hydrogen-bond acceptors (Lipinski definition) is 11. The molecule has 0 radical (unpaired) electrons. The normalized spacial score (nSPS) is 10.9. The first kappa shape index (κ1) is 33.4. The van der Waals surface area contributed by atoms with Crippen molar-refractivity contribution in [3.05, 3.63) is 128 Å². The van der Waals surface area contributed by atoms with Crippen LogP contribution in [-0.4, -0.2) is 20.0 Å². The smallest absolute Gasteiger partial charge is 0.169 e. The first-order valence-electron chi connectivity index (χ1n) is 15.5. The van der Waals surface area contributed by atoms with Crippen LogP contribution in [0.15, 0.2) is 119 Å². The summed E-state index contributed by atoms with van der Waals surface area (Å²) >= 11 is 6.40. The van der Waals surface area contributed by atoms with Gasteiger partial charge in [-0.3, -0.25) is 14.6 Å². The van der Waals surface area contributed by atoms with Gasteiger partial charge in [0.25, 0.3) is 0 Å². The predicted octanol–water partition coefficient (Wildman–Crippen LogP) is 13.0. The van der Waals surface area contributed by atoms with Crippen LogP contribution in [-0.2, 0) is 0 Å². The third-order valence-corrected chi connectivity index (χ3v) is 11.3. The Morgan fingerprint density at radius 2 is 1.06 bits per heavy atom. The minimum Gasteiger partial charge on any atom is -0.495 e. The van der Waals surface area contributed by atoms with Gasteiger partial charge in [-0.25, -0.2) is 0 Å². The summed E-state index contributed by atoms with van der Waals surface area (Å²) in [6, 6.07) is 31.3. The van der Waals surface area contributed by atoms with Gasteiger partial charge in [-0.05, 0) is 110 Å². The molecular formula is C39H32N2O5S4. The average molecular weight is 737 g/mol. The van der Waals surface area contributed by atoms with Crippen LogP contribution in [0.1, 0.15) is 21.5 Å². The monoisotopic (exact) mass is 736 g/mol. The van der Waals surface area contributed by atoms with E-state index in [-0.39, 0.29) is 5.78 Å². The Bertz CT molecular complexity index is 2210. The minimum absolute atomic E-state index is 0.0324. The Morgan fingerprint density at radius 3 is 1.46 bits per heavy atom. The standard InChI is InChI=1S/C39H32N2O5S4/c1-25-19-27(23-49-25)40(38-7-5-17-47-38)33-21-31(13-15-35(33)43-3)45-29-9-11-30(12-10-29)46-32-14-16-36(44-4)34(22-32)41(39-8-6-18-48-39)28-20-37(26(2)42)50-24-28/h5-24H,1-4H3. The molecule has 252 valence electrons. The summed E-state index contributed by atoms with van der Waals surface area (Å²) < 4.78 is 24.3. The summed E-state index contributed by atoms with van der Waals surface area (Å²) in [5.41, 5.74) is 3.63. The highest BCUT2D eigenvalue weighted by molar-refractivity contribution is 7.15. The van der Waals surface area contributed by atoms with E-state index in [2.05, 4.69) is 39.6 Å². The maximum absolute atomic E-state index is 12.1. The summed E-state index contributed by atoms with van der Waals surface area (Å²) in [5, 5.41) is 10.3. The zero-order valence-corrected chi connectivity index (χ0v) is 30.9. The van der Waals surface area contributed by atoms with Crippen LogP contribution in [0.25, 0.3) is 0 Å². The Balaban J connectivity index is 1.13. The lowest BCUT2D eigenvalue weighted by Crippen LogP contribution is -2.09. The number of carbonyl (C=O) groups excluding carboxylic acids is 1. The molecule has 0 fully saturated rings. The number of rotatable bonds is 13. The fourth-order valence-corrected chi connectivity index (χ4v) is 8.37. The molecule has 50 heavy (non-hydrogen) atoms. The molecule has 0 N–H and O–H groups in total. The number of thiophene rings is 4. The van der Waals surface area contributed by atoms with Crippen molar-refractivity contribution in [2.45, 2.75) is 13.8 Å². The second-order valence-corrected chi connectivity index (χ2v) is 14.9. The van der Waals surface area contributed by atoms with E-state index in [1.54, 1.807) is 55.2 Å². The van der Waals surface area contributed by atoms with Crippen LogP contribution in [0.3, 0.4) is 0 Å². The molecule has 0 aliphatic carbocycles. The van der Waals surface area contributed by atoms with Crippen molar-refractivity contribution < 1.29 is 23.7 Å².